The highest BCUT2D eigenvalue weighted by atomic mass is 35.5. The van der Waals surface area contributed by atoms with Crippen LogP contribution in [0.1, 0.15) is 53.1 Å². The molecule has 67 heavy (non-hydrogen) atoms. The molecule has 15 nitrogen and oxygen atoms in total. The molecule has 1 saturated carbocycles. The molecule has 1 fully saturated rings. The van der Waals surface area contributed by atoms with Crippen LogP contribution in [0.2, 0.25) is 5.02 Å². The standard InChI is InChI=1S/C43H36ClF6N9O6S2/c1-56-37-32(11-10-29(44)35(37)40(54-56)55-66(3,62)63)59-41(52-30-16-22(8-9-26(30)42(59)61)21-6-5-7-25(15-21)57(2)67(4,64)65)31(14-20-12-23(45)17-24(46)13-20)51-33(60)19-58-38-34(36(53-58)39(47)48)27-18-28(27)43(38,49)50/h5-13,15-17,27-28,31,39H,14,18-19H2,1-4H3,(H,51,60)(H,54,55)/t27-,28+,31-/m0/s1. The van der Waals surface area contributed by atoms with E-state index in [9.17, 15) is 39.2 Å². The number of carbonyl (C=O) groups is 1. The van der Waals surface area contributed by atoms with Crippen LogP contribution in [-0.2, 0) is 50.8 Å². The van der Waals surface area contributed by atoms with Crippen molar-refractivity contribution in [3.63, 3.8) is 0 Å². The topological polar surface area (TPSA) is 183 Å². The number of halogens is 7. The van der Waals surface area contributed by atoms with Crippen molar-refractivity contribution in [2.24, 2.45) is 13.0 Å². The van der Waals surface area contributed by atoms with Crippen LogP contribution in [0.3, 0.4) is 0 Å². The van der Waals surface area contributed by atoms with Gasteiger partial charge in [-0.25, -0.2) is 39.4 Å². The van der Waals surface area contributed by atoms with Crippen LogP contribution in [0.25, 0.3) is 38.6 Å². The minimum absolute atomic E-state index is 0.000256. The van der Waals surface area contributed by atoms with Crippen LogP contribution < -0.4 is 19.9 Å². The van der Waals surface area contributed by atoms with Gasteiger partial charge in [-0.3, -0.25) is 32.5 Å². The molecule has 3 aromatic heterocycles. The summed E-state index contributed by atoms with van der Waals surface area (Å²) in [7, 11) is -4.82. The van der Waals surface area contributed by atoms with E-state index in [0.717, 1.165) is 33.5 Å². The van der Waals surface area contributed by atoms with Gasteiger partial charge in [0.1, 0.15) is 35.4 Å². The summed E-state index contributed by atoms with van der Waals surface area (Å²) in [6.07, 6.45) is -1.86. The molecule has 0 spiro atoms. The second-order valence-electron chi connectivity index (χ2n) is 16.5. The molecule has 3 heterocycles. The average Bonchev–Trinajstić information content (AvgIpc) is 3.78. The van der Waals surface area contributed by atoms with Crippen molar-refractivity contribution in [3.05, 3.63) is 128 Å². The third kappa shape index (κ3) is 8.25. The van der Waals surface area contributed by atoms with Gasteiger partial charge in [-0.05, 0) is 77.6 Å². The quantitative estimate of drug-likeness (QED) is 0.114. The second-order valence-corrected chi connectivity index (χ2v) is 20.7. The largest absolute Gasteiger partial charge is 0.344 e. The number of aromatic nitrogens is 6. The van der Waals surface area contributed by atoms with Gasteiger partial charge in [0.25, 0.3) is 17.9 Å². The smallest absolute Gasteiger partial charge is 0.293 e. The highest BCUT2D eigenvalue weighted by Gasteiger charge is 2.67. The number of benzene rings is 4. The molecule has 2 aliphatic carbocycles. The first kappa shape index (κ1) is 45.7. The number of rotatable bonds is 13. The fourth-order valence-corrected chi connectivity index (χ4v) is 10.1. The molecule has 1 amide bonds. The van der Waals surface area contributed by atoms with Gasteiger partial charge in [-0.1, -0.05) is 29.8 Å². The zero-order valence-corrected chi connectivity index (χ0v) is 37.8. The van der Waals surface area contributed by atoms with Crippen LogP contribution in [0, 0.1) is 17.6 Å². The third-order valence-electron chi connectivity index (χ3n) is 11.8. The van der Waals surface area contributed by atoms with Gasteiger partial charge in [0, 0.05) is 38.1 Å². The predicted molar refractivity (Wildman–Crippen MR) is 237 cm³/mol. The number of nitrogens with one attached hydrogen (secondary N) is 2. The van der Waals surface area contributed by atoms with Crippen LogP contribution in [0.15, 0.2) is 77.6 Å². The average molecular weight is 988 g/mol. The van der Waals surface area contributed by atoms with E-state index in [1.807, 2.05) is 0 Å². The van der Waals surface area contributed by atoms with Gasteiger partial charge in [-0.15, -0.1) is 0 Å². The number of fused-ring (bicyclic) bond motifs is 5. The van der Waals surface area contributed by atoms with Crippen LogP contribution in [0.4, 0.5) is 37.8 Å². The van der Waals surface area contributed by atoms with E-state index in [2.05, 4.69) is 20.2 Å². The van der Waals surface area contributed by atoms with Crippen molar-refractivity contribution < 1.29 is 48.0 Å². The molecular formula is C43H36ClF6N9O6S2. The van der Waals surface area contributed by atoms with Crippen molar-refractivity contribution in [3.8, 4) is 16.8 Å². The predicted octanol–water partition coefficient (Wildman–Crippen LogP) is 7.08. The Hall–Kier alpha value is -6.46. The minimum Gasteiger partial charge on any atom is -0.344 e. The highest BCUT2D eigenvalue weighted by molar-refractivity contribution is 7.92. The third-order valence-corrected chi connectivity index (χ3v) is 13.9. The Morgan fingerprint density at radius 1 is 0.970 bits per heavy atom. The van der Waals surface area contributed by atoms with E-state index >= 15 is 13.6 Å². The van der Waals surface area contributed by atoms with E-state index < -0.39 is 97.7 Å². The Bertz CT molecular complexity index is 3510. The summed E-state index contributed by atoms with van der Waals surface area (Å²) >= 11 is 6.64. The first-order valence-electron chi connectivity index (χ1n) is 20.2. The lowest BCUT2D eigenvalue weighted by Crippen LogP contribution is -2.38. The Kier molecular flexibility index (Phi) is 11.0. The Morgan fingerprint density at radius 3 is 2.34 bits per heavy atom. The number of sulfonamides is 2. The van der Waals surface area contributed by atoms with E-state index in [0.29, 0.717) is 27.6 Å². The molecule has 0 bridgehead atoms. The monoisotopic (exact) mass is 987 g/mol. The van der Waals surface area contributed by atoms with Gasteiger partial charge in [0.05, 0.1) is 56.8 Å². The van der Waals surface area contributed by atoms with E-state index in [1.165, 1.54) is 43.0 Å². The molecule has 3 atom stereocenters. The van der Waals surface area contributed by atoms with Crippen molar-refractivity contribution in [1.82, 2.24) is 34.4 Å². The zero-order valence-electron chi connectivity index (χ0n) is 35.4. The highest BCUT2D eigenvalue weighted by Crippen LogP contribution is 2.68. The van der Waals surface area contributed by atoms with Crippen molar-refractivity contribution >= 4 is 70.9 Å². The number of amides is 1. The van der Waals surface area contributed by atoms with Crippen molar-refractivity contribution in [2.75, 3.05) is 28.6 Å². The van der Waals surface area contributed by atoms with Gasteiger partial charge in [0.2, 0.25) is 26.0 Å². The number of alkyl halides is 4. The maximum Gasteiger partial charge on any atom is 0.293 e. The number of carbonyl (C=O) groups excluding carboxylic acids is 1. The Labute approximate surface area is 382 Å². The second kappa shape index (κ2) is 16.1. The molecule has 4 aromatic carbocycles. The minimum atomic E-state index is -3.95. The SMILES string of the molecule is CN(c1cccc(-c2ccc3c(=O)n(-c4ccc(Cl)c5c(NS(C)(=O)=O)nn(C)c45)c([C@H](Cc4cc(F)cc(F)c4)NC(=O)Cn4nc(C(F)F)c5c4C(F)(F)[C@@H]4C[C@H]54)nc3c2)c1)S(C)(=O)=O. The summed E-state index contributed by atoms with van der Waals surface area (Å²) in [5, 5.41) is 10.7. The maximum atomic E-state index is 15.6. The van der Waals surface area contributed by atoms with E-state index in [4.69, 9.17) is 16.6 Å². The summed E-state index contributed by atoms with van der Waals surface area (Å²) in [5.41, 5.74) is -1.59. The van der Waals surface area contributed by atoms with Gasteiger partial charge >= 0.3 is 0 Å². The fourth-order valence-electron chi connectivity index (χ4n) is 8.83. The number of hydrogen-bond donors (Lipinski definition) is 2. The molecule has 0 unspecified atom stereocenters. The lowest BCUT2D eigenvalue weighted by molar-refractivity contribution is -0.123. The van der Waals surface area contributed by atoms with E-state index in [1.54, 1.807) is 30.3 Å². The molecule has 0 saturated heterocycles. The molecule has 24 heteroatoms. The number of anilines is 2. The molecule has 7 aromatic rings. The van der Waals surface area contributed by atoms with Gasteiger partial charge < -0.3 is 5.32 Å². The molecule has 9 rings (SSSR count). The first-order chi connectivity index (χ1) is 31.4. The van der Waals surface area contributed by atoms with Gasteiger partial charge in [0.15, 0.2) is 5.82 Å². The molecule has 0 radical (unpaired) electrons. The van der Waals surface area contributed by atoms with E-state index in [-0.39, 0.29) is 61.7 Å². The lowest BCUT2D eigenvalue weighted by atomic mass is 10.0. The fraction of sp³-hybridized carbons (Fsp3) is 0.279. The summed E-state index contributed by atoms with van der Waals surface area (Å²) < 4.78 is 145. The summed E-state index contributed by atoms with van der Waals surface area (Å²) in [6, 6.07) is 14.6. The first-order valence-corrected chi connectivity index (χ1v) is 24.3. The lowest BCUT2D eigenvalue weighted by Gasteiger charge is -2.24. The maximum absolute atomic E-state index is 15.6. The molecule has 0 aliphatic heterocycles. The van der Waals surface area contributed by atoms with Crippen LogP contribution in [0.5, 0.6) is 0 Å². The summed E-state index contributed by atoms with van der Waals surface area (Å²) in [6.45, 7) is -1.02. The van der Waals surface area contributed by atoms with Crippen LogP contribution in [-0.4, -0.2) is 71.4 Å². The van der Waals surface area contributed by atoms with Crippen LogP contribution >= 0.6 is 11.6 Å². The summed E-state index contributed by atoms with van der Waals surface area (Å²) in [4.78, 5) is 34.3. The number of nitrogens with zero attached hydrogens (tertiary/aromatic N) is 7. The van der Waals surface area contributed by atoms with Crippen molar-refractivity contribution in [2.45, 2.75) is 43.7 Å². The normalized spacial score (nSPS) is 16.9. The number of hydrogen-bond acceptors (Lipinski definition) is 9. The molecule has 2 N–H and O–H groups in total. The Morgan fingerprint density at radius 2 is 1.67 bits per heavy atom. The number of aryl methyl sites for hydroxylation is 1. The molecule has 2 aliphatic rings. The molecule has 350 valence electrons. The van der Waals surface area contributed by atoms with Gasteiger partial charge in [-0.2, -0.15) is 19.0 Å². The zero-order chi connectivity index (χ0) is 48.2. The summed E-state index contributed by atoms with van der Waals surface area (Å²) in [5.74, 6) is -9.31. The van der Waals surface area contributed by atoms with Crippen molar-refractivity contribution in [1.29, 1.82) is 0 Å². The Balaban J connectivity index is 1.26. The molecular weight excluding hydrogens is 952 g/mol.